The number of alkyl halides is 1. The van der Waals surface area contributed by atoms with E-state index >= 15 is 0 Å². The van der Waals surface area contributed by atoms with Gasteiger partial charge in [-0.05, 0) is 30.7 Å². The number of aryl methyl sites for hydroxylation is 1. The van der Waals surface area contributed by atoms with Gasteiger partial charge in [0.15, 0.2) is 0 Å². The zero-order valence-electron chi connectivity index (χ0n) is 9.45. The molecule has 0 aliphatic carbocycles. The van der Waals surface area contributed by atoms with Crippen molar-refractivity contribution in [2.45, 2.75) is 6.92 Å². The van der Waals surface area contributed by atoms with Crippen molar-refractivity contribution in [3.8, 4) is 0 Å². The molecule has 0 aliphatic heterocycles. The number of hydrogen-bond acceptors (Lipinski definition) is 3. The van der Waals surface area contributed by atoms with Crippen molar-refractivity contribution < 1.29 is 13.2 Å². The zero-order valence-corrected chi connectivity index (χ0v) is 11.0. The number of anilines is 1. The molecule has 0 radical (unpaired) electrons. The van der Waals surface area contributed by atoms with Crippen molar-refractivity contribution >= 4 is 33.2 Å². The lowest BCUT2D eigenvalue weighted by molar-refractivity contribution is 0.0963. The molecular weight excluding hydrogens is 264 g/mol. The van der Waals surface area contributed by atoms with Crippen molar-refractivity contribution in [1.29, 1.82) is 0 Å². The molecule has 0 unspecified atom stereocenters. The predicted molar refractivity (Wildman–Crippen MR) is 67.8 cm³/mol. The van der Waals surface area contributed by atoms with E-state index in [0.29, 0.717) is 16.8 Å². The molecule has 0 spiro atoms. The first-order valence-corrected chi connectivity index (χ1v) is 6.97. The monoisotopic (exact) mass is 276 g/mol. The molecule has 1 aromatic carbocycles. The number of benzene rings is 1. The highest BCUT2D eigenvalue weighted by atomic mass is 35.5. The van der Waals surface area contributed by atoms with Crippen LogP contribution >= 0.6 is 11.6 Å². The number of carbonyl (C=O) groups is 1. The number of nitrogens with one attached hydrogen (secondary N) is 2. The molecule has 0 atom stereocenters. The van der Waals surface area contributed by atoms with Gasteiger partial charge in [-0.15, -0.1) is 11.6 Å². The number of carbonyl (C=O) groups excluding carboxylic acids is 1. The summed E-state index contributed by atoms with van der Waals surface area (Å²) < 4.78 is 24.9. The van der Waals surface area contributed by atoms with Crippen LogP contribution in [0.5, 0.6) is 0 Å². The van der Waals surface area contributed by atoms with E-state index in [0.717, 1.165) is 0 Å². The van der Waals surface area contributed by atoms with Crippen molar-refractivity contribution in [2.75, 3.05) is 17.0 Å². The minimum atomic E-state index is -3.52. The molecule has 17 heavy (non-hydrogen) atoms. The van der Waals surface area contributed by atoms with Gasteiger partial charge in [0.25, 0.3) is 5.91 Å². The number of sulfonamides is 1. The van der Waals surface area contributed by atoms with E-state index in [1.807, 2.05) is 0 Å². The molecule has 1 aromatic rings. The third-order valence-corrected chi connectivity index (χ3v) is 3.80. The van der Waals surface area contributed by atoms with Crippen molar-refractivity contribution in [3.05, 3.63) is 29.3 Å². The fraction of sp³-hybridized carbons (Fsp3) is 0.300. The zero-order chi connectivity index (χ0) is 13.1. The second kappa shape index (κ2) is 5.37. The Balaban J connectivity index is 3.03. The summed E-state index contributed by atoms with van der Waals surface area (Å²) >= 11 is 5.29. The third kappa shape index (κ3) is 3.61. The van der Waals surface area contributed by atoms with Gasteiger partial charge in [0.05, 0.1) is 5.69 Å². The number of halogens is 1. The molecule has 0 aromatic heterocycles. The number of hydrogen-bond donors (Lipinski definition) is 2. The van der Waals surface area contributed by atoms with Gasteiger partial charge in [-0.3, -0.25) is 9.52 Å². The maximum atomic E-state index is 11.3. The molecule has 94 valence electrons. The van der Waals surface area contributed by atoms with Crippen molar-refractivity contribution in [2.24, 2.45) is 0 Å². The van der Waals surface area contributed by atoms with Crippen LogP contribution in [-0.4, -0.2) is 26.6 Å². The molecule has 1 rings (SSSR count). The Morgan fingerprint density at radius 2 is 2.06 bits per heavy atom. The Bertz CT molecular complexity index is 528. The van der Waals surface area contributed by atoms with E-state index in [1.165, 1.54) is 19.2 Å². The van der Waals surface area contributed by atoms with E-state index in [2.05, 4.69) is 10.0 Å². The average molecular weight is 277 g/mol. The fourth-order valence-corrected chi connectivity index (χ4v) is 2.04. The maximum Gasteiger partial charge on any atom is 0.251 e. The van der Waals surface area contributed by atoms with Crippen LogP contribution in [0, 0.1) is 6.92 Å². The molecule has 0 aliphatic rings. The molecular formula is C10H13ClN2O3S. The molecule has 7 heteroatoms. The Kier molecular flexibility index (Phi) is 4.36. The van der Waals surface area contributed by atoms with Gasteiger partial charge in [0, 0.05) is 12.6 Å². The van der Waals surface area contributed by atoms with E-state index in [9.17, 15) is 13.2 Å². The molecule has 0 saturated carbocycles. The number of rotatable bonds is 4. The summed E-state index contributed by atoms with van der Waals surface area (Å²) in [6.45, 7) is 1.71. The first-order chi connectivity index (χ1) is 7.89. The summed E-state index contributed by atoms with van der Waals surface area (Å²) in [5, 5.41) is 1.98. The fourth-order valence-electron chi connectivity index (χ4n) is 1.26. The summed E-state index contributed by atoms with van der Waals surface area (Å²) in [5.74, 6) is -0.222. The van der Waals surface area contributed by atoms with E-state index in [-0.39, 0.29) is 5.91 Å². The lowest BCUT2D eigenvalue weighted by Crippen LogP contribution is -2.18. The highest BCUT2D eigenvalue weighted by molar-refractivity contribution is 7.93. The highest BCUT2D eigenvalue weighted by Gasteiger charge is 2.11. The molecule has 0 heterocycles. The van der Waals surface area contributed by atoms with Crippen LogP contribution in [0.3, 0.4) is 0 Å². The second-order valence-corrected chi connectivity index (χ2v) is 5.74. The van der Waals surface area contributed by atoms with E-state index in [1.54, 1.807) is 13.0 Å². The SMILES string of the molecule is CNC(=O)c1ccc(NS(=O)(=O)CCl)c(C)c1. The normalized spacial score (nSPS) is 11.0. The largest absolute Gasteiger partial charge is 0.355 e. The highest BCUT2D eigenvalue weighted by Crippen LogP contribution is 2.18. The minimum Gasteiger partial charge on any atom is -0.355 e. The van der Waals surface area contributed by atoms with Gasteiger partial charge in [-0.25, -0.2) is 8.42 Å². The Morgan fingerprint density at radius 1 is 1.41 bits per heavy atom. The standard InChI is InChI=1S/C10H13ClN2O3S/c1-7-5-8(10(14)12-2)3-4-9(7)13-17(15,16)6-11/h3-5,13H,6H2,1-2H3,(H,12,14). The first kappa shape index (κ1) is 13.8. The summed E-state index contributed by atoms with van der Waals surface area (Å²) in [7, 11) is -1.99. The molecule has 2 N–H and O–H groups in total. The maximum absolute atomic E-state index is 11.3. The van der Waals surface area contributed by atoms with Crippen LogP contribution in [0.2, 0.25) is 0 Å². The van der Waals surface area contributed by atoms with Gasteiger partial charge in [0.2, 0.25) is 10.0 Å². The molecule has 0 saturated heterocycles. The minimum absolute atomic E-state index is 0.222. The van der Waals surface area contributed by atoms with Crippen LogP contribution in [0.4, 0.5) is 5.69 Å². The Morgan fingerprint density at radius 3 is 2.53 bits per heavy atom. The Hall–Kier alpha value is -1.27. The van der Waals surface area contributed by atoms with Crippen LogP contribution in [0.15, 0.2) is 18.2 Å². The molecule has 5 nitrogen and oxygen atoms in total. The quantitative estimate of drug-likeness (QED) is 0.814. The van der Waals surface area contributed by atoms with Gasteiger partial charge < -0.3 is 5.32 Å². The van der Waals surface area contributed by atoms with Crippen LogP contribution in [0.25, 0.3) is 0 Å². The molecule has 0 bridgehead atoms. The lowest BCUT2D eigenvalue weighted by Gasteiger charge is -2.09. The smallest absolute Gasteiger partial charge is 0.251 e. The topological polar surface area (TPSA) is 75.3 Å². The summed E-state index contributed by atoms with van der Waals surface area (Å²) in [4.78, 5) is 11.3. The van der Waals surface area contributed by atoms with Crippen LogP contribution < -0.4 is 10.0 Å². The van der Waals surface area contributed by atoms with Gasteiger partial charge >= 0.3 is 0 Å². The molecule has 1 amide bonds. The summed E-state index contributed by atoms with van der Waals surface area (Å²) in [6, 6.07) is 4.67. The summed E-state index contributed by atoms with van der Waals surface area (Å²) in [5.41, 5.74) is 1.54. The summed E-state index contributed by atoms with van der Waals surface area (Å²) in [6.07, 6.45) is 0. The van der Waals surface area contributed by atoms with Crippen molar-refractivity contribution in [1.82, 2.24) is 5.32 Å². The van der Waals surface area contributed by atoms with E-state index in [4.69, 9.17) is 11.6 Å². The van der Waals surface area contributed by atoms with Crippen LogP contribution in [0.1, 0.15) is 15.9 Å². The average Bonchev–Trinajstić information content (AvgIpc) is 2.30. The third-order valence-electron chi connectivity index (χ3n) is 2.12. The second-order valence-electron chi connectivity index (χ2n) is 3.43. The van der Waals surface area contributed by atoms with Gasteiger partial charge in [-0.2, -0.15) is 0 Å². The molecule has 0 fully saturated rings. The van der Waals surface area contributed by atoms with Gasteiger partial charge in [0.1, 0.15) is 5.21 Å². The van der Waals surface area contributed by atoms with Gasteiger partial charge in [-0.1, -0.05) is 0 Å². The Labute approximate surface area is 105 Å². The van der Waals surface area contributed by atoms with Crippen molar-refractivity contribution in [3.63, 3.8) is 0 Å². The lowest BCUT2D eigenvalue weighted by atomic mass is 10.1. The number of amides is 1. The predicted octanol–water partition coefficient (Wildman–Crippen LogP) is 1.29. The van der Waals surface area contributed by atoms with Crippen LogP contribution in [-0.2, 0) is 10.0 Å². The first-order valence-electron chi connectivity index (χ1n) is 4.79. The van der Waals surface area contributed by atoms with E-state index < -0.39 is 15.2 Å².